The van der Waals surface area contributed by atoms with Gasteiger partial charge in [-0.2, -0.15) is 5.10 Å². The van der Waals surface area contributed by atoms with Gasteiger partial charge in [-0.1, -0.05) is 54.4 Å². The van der Waals surface area contributed by atoms with Gasteiger partial charge in [0.05, 0.1) is 15.7 Å². The monoisotopic (exact) mass is 357 g/mol. The van der Waals surface area contributed by atoms with E-state index in [4.69, 9.17) is 28.3 Å². The first kappa shape index (κ1) is 15.6. The lowest BCUT2D eigenvalue weighted by Gasteiger charge is -2.11. The molecule has 1 aromatic heterocycles. The van der Waals surface area contributed by atoms with E-state index in [1.165, 1.54) is 11.1 Å². The summed E-state index contributed by atoms with van der Waals surface area (Å²) in [6.45, 7) is 3.05. The van der Waals surface area contributed by atoms with E-state index in [2.05, 4.69) is 30.4 Å². The second-order valence-corrected chi connectivity index (χ2v) is 6.66. The summed E-state index contributed by atoms with van der Waals surface area (Å²) in [5, 5.41) is 9.61. The Bertz CT molecular complexity index is 895. The molecular weight excluding hydrogens is 341 g/mol. The minimum atomic E-state index is 0.630. The highest BCUT2D eigenvalue weighted by Gasteiger charge is 2.26. The zero-order valence-corrected chi connectivity index (χ0v) is 14.8. The quantitative estimate of drug-likeness (QED) is 0.682. The van der Waals surface area contributed by atoms with E-state index in [-0.39, 0.29) is 0 Å². The van der Waals surface area contributed by atoms with E-state index in [0.717, 1.165) is 42.1 Å². The Kier molecular flexibility index (Phi) is 3.99. The molecule has 1 N–H and O–H groups in total. The van der Waals surface area contributed by atoms with Crippen LogP contribution in [0.1, 0.15) is 18.1 Å². The molecule has 1 aliphatic rings. The summed E-state index contributed by atoms with van der Waals surface area (Å²) < 4.78 is 2.00. The Balaban J connectivity index is 1.97. The standard InChI is InChI=1S/C19H17Cl2N3/c1-2-12-6-3-4-9-16(12)24-19-13(10-11-22-19)18(23-24)17-14(20)7-5-8-15(17)21/h3-9,22H,2,10-11H2,1H3. The Labute approximate surface area is 151 Å². The van der Waals surface area contributed by atoms with Gasteiger partial charge in [0.25, 0.3) is 0 Å². The van der Waals surface area contributed by atoms with Gasteiger partial charge in [0.1, 0.15) is 11.5 Å². The number of anilines is 1. The molecule has 0 unspecified atom stereocenters. The number of fused-ring (bicyclic) bond motifs is 1. The molecule has 0 saturated heterocycles. The lowest BCUT2D eigenvalue weighted by molar-refractivity contribution is 0.866. The van der Waals surface area contributed by atoms with Crippen LogP contribution in [0, 0.1) is 0 Å². The van der Waals surface area contributed by atoms with Crippen LogP contribution < -0.4 is 5.32 Å². The molecule has 122 valence electrons. The Morgan fingerprint density at radius 2 is 1.83 bits per heavy atom. The van der Waals surface area contributed by atoms with Crippen molar-refractivity contribution in [2.75, 3.05) is 11.9 Å². The third-order valence-electron chi connectivity index (χ3n) is 4.45. The first-order valence-corrected chi connectivity index (χ1v) is 8.84. The summed E-state index contributed by atoms with van der Waals surface area (Å²) in [4.78, 5) is 0. The van der Waals surface area contributed by atoms with Crippen molar-refractivity contribution in [3.8, 4) is 16.9 Å². The van der Waals surface area contributed by atoms with Crippen molar-refractivity contribution in [2.45, 2.75) is 19.8 Å². The van der Waals surface area contributed by atoms with Gasteiger partial charge >= 0.3 is 0 Å². The second kappa shape index (κ2) is 6.15. The number of nitrogens with one attached hydrogen (secondary N) is 1. The summed E-state index contributed by atoms with van der Waals surface area (Å²) in [7, 11) is 0. The smallest absolute Gasteiger partial charge is 0.133 e. The normalized spacial score (nSPS) is 13.0. The number of aromatic nitrogens is 2. The maximum Gasteiger partial charge on any atom is 0.133 e. The SMILES string of the molecule is CCc1ccccc1-n1nc(-c2c(Cl)cccc2Cl)c2c1NCC2. The lowest BCUT2D eigenvalue weighted by Crippen LogP contribution is -2.06. The minimum Gasteiger partial charge on any atom is -0.369 e. The molecule has 3 aromatic rings. The summed E-state index contributed by atoms with van der Waals surface area (Å²) in [6, 6.07) is 13.9. The first-order chi connectivity index (χ1) is 11.7. The summed E-state index contributed by atoms with van der Waals surface area (Å²) in [6.07, 6.45) is 1.87. The molecule has 2 heterocycles. The fraction of sp³-hybridized carbons (Fsp3) is 0.211. The fourth-order valence-corrected chi connectivity index (χ4v) is 3.87. The number of nitrogens with zero attached hydrogens (tertiary/aromatic N) is 2. The van der Waals surface area contributed by atoms with Crippen molar-refractivity contribution in [3.63, 3.8) is 0 Å². The molecule has 0 saturated carbocycles. The van der Waals surface area contributed by atoms with Crippen molar-refractivity contribution >= 4 is 29.0 Å². The minimum absolute atomic E-state index is 0.630. The number of hydrogen-bond acceptors (Lipinski definition) is 2. The highest BCUT2D eigenvalue weighted by atomic mass is 35.5. The van der Waals surface area contributed by atoms with Crippen LogP contribution in [0.15, 0.2) is 42.5 Å². The van der Waals surface area contributed by atoms with E-state index in [9.17, 15) is 0 Å². The number of para-hydroxylation sites is 1. The number of halogens is 2. The molecule has 1 aliphatic heterocycles. The van der Waals surface area contributed by atoms with Gasteiger partial charge in [-0.3, -0.25) is 0 Å². The maximum absolute atomic E-state index is 6.43. The first-order valence-electron chi connectivity index (χ1n) is 8.09. The largest absolute Gasteiger partial charge is 0.369 e. The average molecular weight is 358 g/mol. The molecule has 0 aliphatic carbocycles. The zero-order valence-electron chi connectivity index (χ0n) is 13.3. The van der Waals surface area contributed by atoms with Crippen LogP contribution in [0.4, 0.5) is 5.82 Å². The maximum atomic E-state index is 6.43. The highest BCUT2D eigenvalue weighted by Crippen LogP contribution is 2.41. The molecule has 0 amide bonds. The van der Waals surface area contributed by atoms with Crippen LogP contribution in [0.5, 0.6) is 0 Å². The van der Waals surface area contributed by atoms with Crippen molar-refractivity contribution in [1.29, 1.82) is 0 Å². The molecule has 24 heavy (non-hydrogen) atoms. The van der Waals surface area contributed by atoms with Gasteiger partial charge in [-0.25, -0.2) is 4.68 Å². The molecule has 0 radical (unpaired) electrons. The van der Waals surface area contributed by atoms with E-state index in [0.29, 0.717) is 10.0 Å². The second-order valence-electron chi connectivity index (χ2n) is 5.84. The van der Waals surface area contributed by atoms with Gasteiger partial charge in [0.2, 0.25) is 0 Å². The van der Waals surface area contributed by atoms with Crippen LogP contribution in [0.2, 0.25) is 10.0 Å². The van der Waals surface area contributed by atoms with Crippen LogP contribution in [-0.4, -0.2) is 16.3 Å². The Hall–Kier alpha value is -1.97. The van der Waals surface area contributed by atoms with Crippen molar-refractivity contribution in [2.24, 2.45) is 0 Å². The van der Waals surface area contributed by atoms with E-state index in [1.54, 1.807) is 0 Å². The molecule has 2 aromatic carbocycles. The van der Waals surface area contributed by atoms with Crippen LogP contribution >= 0.6 is 23.2 Å². The Morgan fingerprint density at radius 3 is 2.58 bits per heavy atom. The number of benzene rings is 2. The molecular formula is C19H17Cl2N3. The van der Waals surface area contributed by atoms with Crippen LogP contribution in [-0.2, 0) is 12.8 Å². The number of hydrogen-bond donors (Lipinski definition) is 1. The summed E-state index contributed by atoms with van der Waals surface area (Å²) in [5.74, 6) is 1.04. The molecule has 4 rings (SSSR count). The van der Waals surface area contributed by atoms with Gasteiger partial charge < -0.3 is 5.32 Å². The molecule has 0 fully saturated rings. The molecule has 5 heteroatoms. The van der Waals surface area contributed by atoms with E-state index in [1.807, 2.05) is 28.9 Å². The predicted molar refractivity (Wildman–Crippen MR) is 101 cm³/mol. The van der Waals surface area contributed by atoms with Gasteiger partial charge in [0.15, 0.2) is 0 Å². The van der Waals surface area contributed by atoms with Crippen molar-refractivity contribution < 1.29 is 0 Å². The van der Waals surface area contributed by atoms with Crippen molar-refractivity contribution in [1.82, 2.24) is 9.78 Å². The fourth-order valence-electron chi connectivity index (χ4n) is 3.29. The van der Waals surface area contributed by atoms with E-state index < -0.39 is 0 Å². The van der Waals surface area contributed by atoms with Gasteiger partial charge in [0, 0.05) is 17.7 Å². The topological polar surface area (TPSA) is 29.9 Å². The van der Waals surface area contributed by atoms with Gasteiger partial charge in [-0.15, -0.1) is 0 Å². The average Bonchev–Trinajstić information content (AvgIpc) is 3.18. The molecule has 3 nitrogen and oxygen atoms in total. The highest BCUT2D eigenvalue weighted by molar-refractivity contribution is 6.39. The zero-order chi connectivity index (χ0) is 16.7. The predicted octanol–water partition coefficient (Wildman–Crippen LogP) is 5.38. The van der Waals surface area contributed by atoms with Crippen molar-refractivity contribution in [3.05, 3.63) is 63.6 Å². The summed E-state index contributed by atoms with van der Waals surface area (Å²) in [5.41, 5.74) is 5.22. The van der Waals surface area contributed by atoms with Gasteiger partial charge in [-0.05, 0) is 36.6 Å². The number of rotatable bonds is 3. The Morgan fingerprint density at radius 1 is 1.08 bits per heavy atom. The number of aryl methyl sites for hydroxylation is 1. The molecule has 0 atom stereocenters. The summed E-state index contributed by atoms with van der Waals surface area (Å²) >= 11 is 12.9. The van der Waals surface area contributed by atoms with Crippen LogP contribution in [0.3, 0.4) is 0 Å². The third kappa shape index (κ3) is 2.40. The molecule has 0 spiro atoms. The third-order valence-corrected chi connectivity index (χ3v) is 5.08. The lowest BCUT2D eigenvalue weighted by atomic mass is 10.1. The van der Waals surface area contributed by atoms with E-state index >= 15 is 0 Å². The molecule has 0 bridgehead atoms. The van der Waals surface area contributed by atoms with Crippen LogP contribution in [0.25, 0.3) is 16.9 Å².